The fourth-order valence-electron chi connectivity index (χ4n) is 1.82. The van der Waals surface area contributed by atoms with Crippen LogP contribution in [0, 0.1) is 5.82 Å². The maximum atomic E-state index is 13.2. The smallest absolute Gasteiger partial charge is 0.251 e. The van der Waals surface area contributed by atoms with Gasteiger partial charge in [0.2, 0.25) is 0 Å². The van der Waals surface area contributed by atoms with E-state index in [2.05, 4.69) is 21.2 Å². The van der Waals surface area contributed by atoms with Crippen molar-refractivity contribution in [3.8, 4) is 0 Å². The molecule has 3 nitrogen and oxygen atoms in total. The third kappa shape index (κ3) is 3.36. The highest BCUT2D eigenvalue weighted by Crippen LogP contribution is 2.21. The average molecular weight is 337 g/mol. The van der Waals surface area contributed by atoms with Crippen LogP contribution in [0.2, 0.25) is 0 Å². The fraction of sp³-hybridized carbons (Fsp3) is 0.133. The van der Waals surface area contributed by atoms with Gasteiger partial charge in [-0.2, -0.15) is 0 Å². The van der Waals surface area contributed by atoms with Crippen LogP contribution in [0.3, 0.4) is 0 Å². The van der Waals surface area contributed by atoms with Gasteiger partial charge in [-0.25, -0.2) is 4.39 Å². The molecular formula is C15H14BrFN2O. The number of hydrogen-bond acceptors (Lipinski definition) is 2. The summed E-state index contributed by atoms with van der Waals surface area (Å²) < 4.78 is 13.9. The molecule has 2 aromatic rings. The van der Waals surface area contributed by atoms with Gasteiger partial charge in [0.1, 0.15) is 5.82 Å². The van der Waals surface area contributed by atoms with Crippen LogP contribution >= 0.6 is 15.9 Å². The molecule has 0 aliphatic carbocycles. The summed E-state index contributed by atoms with van der Waals surface area (Å²) in [6, 6.07) is 10.9. The molecule has 1 amide bonds. The molecule has 0 aliphatic rings. The van der Waals surface area contributed by atoms with Gasteiger partial charge in [0, 0.05) is 15.7 Å². The molecule has 20 heavy (non-hydrogen) atoms. The molecule has 2 rings (SSSR count). The van der Waals surface area contributed by atoms with Crippen molar-refractivity contribution in [1.29, 1.82) is 0 Å². The molecule has 5 heteroatoms. The molecule has 1 unspecified atom stereocenters. The van der Waals surface area contributed by atoms with Crippen molar-refractivity contribution in [2.24, 2.45) is 0 Å². The minimum absolute atomic E-state index is 0.249. The van der Waals surface area contributed by atoms with E-state index in [4.69, 9.17) is 5.73 Å². The minimum Gasteiger partial charge on any atom is -0.398 e. The minimum atomic E-state index is -0.323. The molecule has 0 fully saturated rings. The second kappa shape index (κ2) is 6.05. The standard InChI is InChI=1S/C15H14BrFN2O/c1-9(10-3-2-4-12(17)7-10)19-15(20)11-5-6-13(16)14(18)8-11/h2-9H,18H2,1H3,(H,19,20). The second-order valence-corrected chi connectivity index (χ2v) is 5.34. The number of benzene rings is 2. The van der Waals surface area contributed by atoms with Crippen molar-refractivity contribution in [2.45, 2.75) is 13.0 Å². The topological polar surface area (TPSA) is 55.1 Å². The summed E-state index contributed by atoms with van der Waals surface area (Å²) in [7, 11) is 0. The van der Waals surface area contributed by atoms with Crippen LogP contribution in [0.25, 0.3) is 0 Å². The molecule has 0 heterocycles. The summed E-state index contributed by atoms with van der Waals surface area (Å²) in [6.07, 6.45) is 0. The quantitative estimate of drug-likeness (QED) is 0.840. The lowest BCUT2D eigenvalue weighted by molar-refractivity contribution is 0.0940. The molecule has 0 spiro atoms. The molecule has 0 saturated carbocycles. The Morgan fingerprint density at radius 3 is 2.70 bits per heavy atom. The molecule has 0 saturated heterocycles. The van der Waals surface area contributed by atoms with Gasteiger partial charge in [-0.05, 0) is 58.7 Å². The van der Waals surface area contributed by atoms with Crippen LogP contribution in [-0.4, -0.2) is 5.91 Å². The number of nitrogens with one attached hydrogen (secondary N) is 1. The Labute approximate surface area is 125 Å². The highest BCUT2D eigenvalue weighted by atomic mass is 79.9. The molecular weight excluding hydrogens is 323 g/mol. The second-order valence-electron chi connectivity index (χ2n) is 4.49. The van der Waals surface area contributed by atoms with Gasteiger partial charge in [0.05, 0.1) is 6.04 Å². The van der Waals surface area contributed by atoms with Gasteiger partial charge < -0.3 is 11.1 Å². The maximum absolute atomic E-state index is 13.2. The van der Waals surface area contributed by atoms with Gasteiger partial charge in [-0.3, -0.25) is 4.79 Å². The normalized spacial score (nSPS) is 11.9. The molecule has 0 aliphatic heterocycles. The number of rotatable bonds is 3. The molecule has 104 valence electrons. The average Bonchev–Trinajstić information content (AvgIpc) is 2.41. The Hall–Kier alpha value is -1.88. The van der Waals surface area contributed by atoms with Crippen molar-refractivity contribution in [1.82, 2.24) is 5.32 Å². The van der Waals surface area contributed by atoms with E-state index in [-0.39, 0.29) is 17.8 Å². The highest BCUT2D eigenvalue weighted by molar-refractivity contribution is 9.10. The lowest BCUT2D eigenvalue weighted by Crippen LogP contribution is -2.26. The maximum Gasteiger partial charge on any atom is 0.251 e. The van der Waals surface area contributed by atoms with E-state index >= 15 is 0 Å². The Morgan fingerprint density at radius 1 is 1.30 bits per heavy atom. The summed E-state index contributed by atoms with van der Waals surface area (Å²) in [4.78, 5) is 12.1. The Kier molecular flexibility index (Phi) is 4.39. The SMILES string of the molecule is CC(NC(=O)c1ccc(Br)c(N)c1)c1cccc(F)c1. The van der Waals surface area contributed by atoms with Crippen molar-refractivity contribution < 1.29 is 9.18 Å². The number of hydrogen-bond donors (Lipinski definition) is 2. The van der Waals surface area contributed by atoms with E-state index in [0.717, 1.165) is 4.47 Å². The van der Waals surface area contributed by atoms with Crippen molar-refractivity contribution in [3.05, 3.63) is 63.9 Å². The van der Waals surface area contributed by atoms with E-state index in [9.17, 15) is 9.18 Å². The zero-order valence-corrected chi connectivity index (χ0v) is 12.4. The predicted octanol–water partition coefficient (Wildman–Crippen LogP) is 3.66. The first-order valence-corrected chi connectivity index (χ1v) is 6.88. The number of nitrogen functional groups attached to an aromatic ring is 1. The summed E-state index contributed by atoms with van der Waals surface area (Å²) in [5.41, 5.74) is 7.42. The molecule has 2 aromatic carbocycles. The molecule has 0 bridgehead atoms. The van der Waals surface area contributed by atoms with E-state index < -0.39 is 0 Å². The van der Waals surface area contributed by atoms with Gasteiger partial charge >= 0.3 is 0 Å². The summed E-state index contributed by atoms with van der Waals surface area (Å²) >= 11 is 3.28. The van der Waals surface area contributed by atoms with E-state index in [1.54, 1.807) is 37.3 Å². The zero-order chi connectivity index (χ0) is 14.7. The van der Waals surface area contributed by atoms with Crippen LogP contribution in [0.1, 0.15) is 28.9 Å². The van der Waals surface area contributed by atoms with Gasteiger partial charge in [-0.15, -0.1) is 0 Å². The first-order valence-electron chi connectivity index (χ1n) is 6.08. The first-order chi connectivity index (χ1) is 9.47. The summed E-state index contributed by atoms with van der Waals surface area (Å²) in [6.45, 7) is 1.80. The van der Waals surface area contributed by atoms with Gasteiger partial charge in [0.15, 0.2) is 0 Å². The molecule has 0 aromatic heterocycles. The van der Waals surface area contributed by atoms with Crippen LogP contribution in [-0.2, 0) is 0 Å². The Balaban J connectivity index is 2.13. The first kappa shape index (κ1) is 14.5. The number of carbonyl (C=O) groups is 1. The zero-order valence-electron chi connectivity index (χ0n) is 10.9. The largest absolute Gasteiger partial charge is 0.398 e. The fourth-order valence-corrected chi connectivity index (χ4v) is 2.07. The predicted molar refractivity (Wildman–Crippen MR) is 80.8 cm³/mol. The van der Waals surface area contributed by atoms with E-state index in [1.807, 2.05) is 0 Å². The number of carbonyl (C=O) groups excluding carboxylic acids is 1. The van der Waals surface area contributed by atoms with Crippen LogP contribution in [0.15, 0.2) is 46.9 Å². The number of amides is 1. The highest BCUT2D eigenvalue weighted by Gasteiger charge is 2.12. The third-order valence-electron chi connectivity index (χ3n) is 2.95. The molecule has 3 N–H and O–H groups in total. The van der Waals surface area contributed by atoms with Crippen LogP contribution in [0.5, 0.6) is 0 Å². The third-order valence-corrected chi connectivity index (χ3v) is 3.68. The lowest BCUT2D eigenvalue weighted by Gasteiger charge is -2.14. The van der Waals surface area contributed by atoms with Crippen molar-refractivity contribution in [2.75, 3.05) is 5.73 Å². The summed E-state index contributed by atoms with van der Waals surface area (Å²) in [5, 5.41) is 2.81. The van der Waals surface area contributed by atoms with Crippen LogP contribution < -0.4 is 11.1 Å². The Bertz CT molecular complexity index is 646. The number of anilines is 1. The van der Waals surface area contributed by atoms with E-state index in [1.165, 1.54) is 12.1 Å². The summed E-state index contributed by atoms with van der Waals surface area (Å²) in [5.74, 6) is -0.572. The van der Waals surface area contributed by atoms with Crippen molar-refractivity contribution in [3.63, 3.8) is 0 Å². The lowest BCUT2D eigenvalue weighted by atomic mass is 10.1. The van der Waals surface area contributed by atoms with Gasteiger partial charge in [0.25, 0.3) is 5.91 Å². The Morgan fingerprint density at radius 2 is 2.05 bits per heavy atom. The van der Waals surface area contributed by atoms with Crippen LogP contribution in [0.4, 0.5) is 10.1 Å². The number of halogens is 2. The van der Waals surface area contributed by atoms with E-state index in [0.29, 0.717) is 16.8 Å². The molecule has 0 radical (unpaired) electrons. The molecule has 1 atom stereocenters. The number of nitrogens with two attached hydrogens (primary N) is 1. The van der Waals surface area contributed by atoms with Crippen molar-refractivity contribution >= 4 is 27.5 Å². The monoisotopic (exact) mass is 336 g/mol. The van der Waals surface area contributed by atoms with Gasteiger partial charge in [-0.1, -0.05) is 12.1 Å².